The molecule has 0 saturated heterocycles. The Bertz CT molecular complexity index is 537. The molecule has 5 heteroatoms. The molecular formula is C15H22N2O3. The highest BCUT2D eigenvalue weighted by Gasteiger charge is 2.70. The molecule has 0 aromatic heterocycles. The lowest BCUT2D eigenvalue weighted by Crippen LogP contribution is -2.72. The number of rotatable bonds is 1. The van der Waals surface area contributed by atoms with Crippen molar-refractivity contribution in [2.45, 2.75) is 39.2 Å². The summed E-state index contributed by atoms with van der Waals surface area (Å²) in [6.45, 7) is 9.93. The molecule has 4 aliphatic carbocycles. The Labute approximate surface area is 118 Å². The summed E-state index contributed by atoms with van der Waals surface area (Å²) in [4.78, 5) is 0. The van der Waals surface area contributed by atoms with E-state index in [1.54, 1.807) is 0 Å². The molecule has 0 radical (unpaired) electrons. The van der Waals surface area contributed by atoms with Crippen LogP contribution < -0.4 is 0 Å². The van der Waals surface area contributed by atoms with Crippen LogP contribution in [0.3, 0.4) is 0 Å². The minimum absolute atomic E-state index is 0.0887. The van der Waals surface area contributed by atoms with Crippen LogP contribution in [0, 0.1) is 29.1 Å². The van der Waals surface area contributed by atoms with Gasteiger partial charge in [0.05, 0.1) is 17.0 Å². The summed E-state index contributed by atoms with van der Waals surface area (Å²) in [6.07, 6.45) is 1.36. The van der Waals surface area contributed by atoms with Crippen LogP contribution in [0.4, 0.5) is 0 Å². The van der Waals surface area contributed by atoms with Gasteiger partial charge in [0.25, 0.3) is 0 Å². The Morgan fingerprint density at radius 3 is 2.35 bits per heavy atom. The number of oxime groups is 2. The van der Waals surface area contributed by atoms with Crippen LogP contribution in [-0.2, 0) is 0 Å². The normalized spacial score (nSPS) is 53.8. The van der Waals surface area contributed by atoms with Gasteiger partial charge in [-0.1, -0.05) is 29.4 Å². The first-order valence-electron chi connectivity index (χ1n) is 7.14. The minimum atomic E-state index is -0.978. The third kappa shape index (κ3) is 1.23. The molecule has 0 aromatic rings. The molecule has 0 amide bonds. The third-order valence-electron chi connectivity index (χ3n) is 6.32. The molecule has 110 valence electrons. The Hall–Kier alpha value is -1.36. The summed E-state index contributed by atoms with van der Waals surface area (Å²) in [7, 11) is 0. The first kappa shape index (κ1) is 13.6. The fourth-order valence-corrected chi connectivity index (χ4v) is 5.27. The highest BCUT2D eigenvalue weighted by Crippen LogP contribution is 2.66. The van der Waals surface area contributed by atoms with E-state index in [1.165, 1.54) is 0 Å². The fraction of sp³-hybridized carbons (Fsp3) is 0.733. The third-order valence-corrected chi connectivity index (χ3v) is 6.32. The Morgan fingerprint density at radius 1 is 1.25 bits per heavy atom. The molecule has 0 aromatic carbocycles. The molecule has 4 bridgehead atoms. The van der Waals surface area contributed by atoms with Gasteiger partial charge in [-0.05, 0) is 32.6 Å². The van der Waals surface area contributed by atoms with E-state index in [0.29, 0.717) is 17.8 Å². The maximum atomic E-state index is 11.2. The van der Waals surface area contributed by atoms with Crippen LogP contribution in [-0.4, -0.2) is 32.5 Å². The molecule has 6 atom stereocenters. The zero-order chi connectivity index (χ0) is 14.9. The van der Waals surface area contributed by atoms with Crippen LogP contribution >= 0.6 is 0 Å². The molecule has 0 spiro atoms. The number of nitrogens with zero attached hydrogens (tertiary/aromatic N) is 2. The van der Waals surface area contributed by atoms with Crippen LogP contribution in [0.2, 0.25) is 0 Å². The van der Waals surface area contributed by atoms with Gasteiger partial charge in [-0.15, -0.1) is 0 Å². The monoisotopic (exact) mass is 278 g/mol. The molecule has 4 fully saturated rings. The van der Waals surface area contributed by atoms with E-state index >= 15 is 0 Å². The summed E-state index contributed by atoms with van der Waals surface area (Å²) in [5.74, 6) is -0.189. The van der Waals surface area contributed by atoms with Crippen molar-refractivity contribution >= 4 is 11.4 Å². The van der Waals surface area contributed by atoms with Crippen LogP contribution in [0.1, 0.15) is 33.6 Å². The largest absolute Gasteiger partial charge is 0.411 e. The maximum absolute atomic E-state index is 11.2. The van der Waals surface area contributed by atoms with Crippen LogP contribution in [0.25, 0.3) is 0 Å². The Balaban J connectivity index is 2.24. The smallest absolute Gasteiger partial charge is 0.0797 e. The minimum Gasteiger partial charge on any atom is -0.411 e. The second-order valence-electron chi connectivity index (χ2n) is 6.96. The lowest BCUT2D eigenvalue weighted by molar-refractivity contribution is -0.154. The SMILES string of the molecule is C=C(C)C12CC3C(=NO)C(C1)C(C)C(/C3=N\O)[C@@]2(C)O. The van der Waals surface area contributed by atoms with Gasteiger partial charge in [0.2, 0.25) is 0 Å². The van der Waals surface area contributed by atoms with E-state index in [1.807, 2.05) is 20.8 Å². The van der Waals surface area contributed by atoms with Gasteiger partial charge in [-0.25, -0.2) is 0 Å². The van der Waals surface area contributed by atoms with E-state index in [9.17, 15) is 15.5 Å². The average molecular weight is 278 g/mol. The highest BCUT2D eigenvalue weighted by molar-refractivity contribution is 6.13. The van der Waals surface area contributed by atoms with Gasteiger partial charge in [-0.3, -0.25) is 0 Å². The standard InChI is InChI=1S/C15H22N2O3/c1-7(2)15-5-9-8(3)11(14(15,4)18)13(17-20)10(6-15)12(9)16-19/h8-11,18-20H,1,5-6H2,2-4H3/b16-12?,17-13-/t8?,9?,10?,11?,14-,15?/m1/s1. The van der Waals surface area contributed by atoms with E-state index in [0.717, 1.165) is 12.0 Å². The Morgan fingerprint density at radius 2 is 1.85 bits per heavy atom. The summed E-state index contributed by atoms with van der Waals surface area (Å²) in [5, 5.41) is 36.9. The van der Waals surface area contributed by atoms with Crippen molar-refractivity contribution in [2.24, 2.45) is 39.4 Å². The summed E-state index contributed by atoms with van der Waals surface area (Å²) >= 11 is 0. The number of hydrogen-bond acceptors (Lipinski definition) is 5. The van der Waals surface area contributed by atoms with Crippen molar-refractivity contribution in [2.75, 3.05) is 0 Å². The first-order chi connectivity index (χ1) is 9.31. The molecule has 5 unspecified atom stereocenters. The second-order valence-corrected chi connectivity index (χ2v) is 6.96. The van der Waals surface area contributed by atoms with Crippen LogP contribution in [0.5, 0.6) is 0 Å². The highest BCUT2D eigenvalue weighted by atomic mass is 16.4. The molecule has 5 nitrogen and oxygen atoms in total. The van der Waals surface area contributed by atoms with E-state index in [2.05, 4.69) is 16.9 Å². The molecule has 0 aliphatic heterocycles. The summed E-state index contributed by atoms with van der Waals surface area (Å²) in [6, 6.07) is 0. The van der Waals surface area contributed by atoms with Crippen molar-refractivity contribution in [1.29, 1.82) is 0 Å². The van der Waals surface area contributed by atoms with Crippen molar-refractivity contribution in [1.82, 2.24) is 0 Å². The van der Waals surface area contributed by atoms with Crippen molar-refractivity contribution in [3.63, 3.8) is 0 Å². The van der Waals surface area contributed by atoms with Crippen molar-refractivity contribution in [3.05, 3.63) is 12.2 Å². The molecular weight excluding hydrogens is 256 g/mol. The lowest BCUT2D eigenvalue weighted by Gasteiger charge is -2.66. The summed E-state index contributed by atoms with van der Waals surface area (Å²) in [5.41, 5.74) is 0.857. The predicted octanol–water partition coefficient (Wildman–Crippen LogP) is 2.27. The van der Waals surface area contributed by atoms with Gasteiger partial charge in [0, 0.05) is 23.2 Å². The van der Waals surface area contributed by atoms with E-state index in [-0.39, 0.29) is 29.1 Å². The lowest BCUT2D eigenvalue weighted by atomic mass is 9.38. The second kappa shape index (κ2) is 3.85. The summed E-state index contributed by atoms with van der Waals surface area (Å²) < 4.78 is 0. The fourth-order valence-electron chi connectivity index (χ4n) is 5.27. The quantitative estimate of drug-likeness (QED) is 0.391. The average Bonchev–Trinajstić information content (AvgIpc) is 2.39. The van der Waals surface area contributed by atoms with Gasteiger partial charge < -0.3 is 15.5 Å². The molecule has 0 heterocycles. The van der Waals surface area contributed by atoms with E-state index < -0.39 is 5.60 Å². The number of hydrogen-bond donors (Lipinski definition) is 3. The van der Waals surface area contributed by atoms with Crippen LogP contribution in [0.15, 0.2) is 22.5 Å². The number of aliphatic hydroxyl groups is 1. The van der Waals surface area contributed by atoms with Crippen molar-refractivity contribution in [3.8, 4) is 0 Å². The van der Waals surface area contributed by atoms with E-state index in [4.69, 9.17) is 0 Å². The molecule has 20 heavy (non-hydrogen) atoms. The first-order valence-corrected chi connectivity index (χ1v) is 7.14. The van der Waals surface area contributed by atoms with Gasteiger partial charge >= 0.3 is 0 Å². The zero-order valence-electron chi connectivity index (χ0n) is 12.2. The van der Waals surface area contributed by atoms with Gasteiger partial charge in [-0.2, -0.15) is 0 Å². The topological polar surface area (TPSA) is 85.4 Å². The van der Waals surface area contributed by atoms with Gasteiger partial charge in [0.15, 0.2) is 0 Å². The zero-order valence-corrected chi connectivity index (χ0v) is 12.2. The maximum Gasteiger partial charge on any atom is 0.0797 e. The molecule has 3 N–H and O–H groups in total. The van der Waals surface area contributed by atoms with Crippen molar-refractivity contribution < 1.29 is 15.5 Å². The molecule has 4 aliphatic rings. The van der Waals surface area contributed by atoms with Gasteiger partial charge in [0.1, 0.15) is 0 Å². The molecule has 4 saturated carbocycles. The molecule has 4 rings (SSSR count). The predicted molar refractivity (Wildman–Crippen MR) is 75.2 cm³/mol. The Kier molecular flexibility index (Phi) is 2.62.